The monoisotopic (exact) mass is 475 g/mol. The molecule has 6 heteroatoms. The van der Waals surface area contributed by atoms with Gasteiger partial charge in [0.05, 0.1) is 19.1 Å². The van der Waals surface area contributed by atoms with Gasteiger partial charge in [-0.25, -0.2) is 4.39 Å². The smallest absolute Gasteiger partial charge is 0.227 e. The predicted octanol–water partition coefficient (Wildman–Crippen LogP) is 5.07. The summed E-state index contributed by atoms with van der Waals surface area (Å²) in [6, 6.07) is 21.2. The highest BCUT2D eigenvalue weighted by atomic mass is 19.1. The zero-order valence-corrected chi connectivity index (χ0v) is 19.8. The summed E-state index contributed by atoms with van der Waals surface area (Å²) in [6.07, 6.45) is 3.54. The molecule has 1 saturated heterocycles. The van der Waals surface area contributed by atoms with E-state index in [4.69, 9.17) is 4.74 Å². The van der Waals surface area contributed by atoms with E-state index in [1.54, 1.807) is 35.2 Å². The molecule has 35 heavy (non-hydrogen) atoms. The first-order valence-electron chi connectivity index (χ1n) is 11.7. The second-order valence-corrected chi connectivity index (χ2v) is 8.90. The van der Waals surface area contributed by atoms with Gasteiger partial charge in [0.15, 0.2) is 11.6 Å². The summed E-state index contributed by atoms with van der Waals surface area (Å²) in [5.41, 5.74) is 2.36. The first kappa shape index (κ1) is 24.5. The molecule has 4 rings (SSSR count). The lowest BCUT2D eigenvalue weighted by Gasteiger charge is -2.38. The molecule has 0 aliphatic carbocycles. The molecule has 3 aromatic rings. The van der Waals surface area contributed by atoms with Crippen LogP contribution in [0, 0.1) is 5.82 Å². The molecule has 0 unspecified atom stereocenters. The number of hydrogen-bond donors (Lipinski definition) is 2. The van der Waals surface area contributed by atoms with Crippen LogP contribution in [0.15, 0.2) is 78.9 Å². The third-order valence-electron chi connectivity index (χ3n) is 6.63. The first-order valence-corrected chi connectivity index (χ1v) is 11.7. The van der Waals surface area contributed by atoms with Crippen molar-refractivity contribution in [1.82, 2.24) is 4.90 Å². The lowest BCUT2D eigenvalue weighted by molar-refractivity contribution is -0.134. The number of rotatable bonds is 7. The van der Waals surface area contributed by atoms with Crippen molar-refractivity contribution in [3.8, 4) is 11.5 Å². The minimum atomic E-state index is -1.01. The van der Waals surface area contributed by atoms with Crippen LogP contribution in [-0.2, 0) is 16.8 Å². The zero-order chi connectivity index (χ0) is 24.8. The highest BCUT2D eigenvalue weighted by molar-refractivity contribution is 5.89. The summed E-state index contributed by atoms with van der Waals surface area (Å²) < 4.78 is 19.1. The number of piperidine rings is 1. The van der Waals surface area contributed by atoms with Crippen molar-refractivity contribution < 1.29 is 24.1 Å². The van der Waals surface area contributed by atoms with Crippen LogP contribution in [-0.4, -0.2) is 41.2 Å². The summed E-state index contributed by atoms with van der Waals surface area (Å²) in [7, 11) is 1.43. The van der Waals surface area contributed by atoms with Crippen LogP contribution in [0.2, 0.25) is 0 Å². The van der Waals surface area contributed by atoms with Crippen molar-refractivity contribution >= 4 is 11.5 Å². The summed E-state index contributed by atoms with van der Waals surface area (Å²) in [6.45, 7) is 0.893. The minimum absolute atomic E-state index is 0.00577. The molecule has 0 bridgehead atoms. The van der Waals surface area contributed by atoms with Crippen molar-refractivity contribution in [2.24, 2.45) is 0 Å². The summed E-state index contributed by atoms with van der Waals surface area (Å²) in [5, 5.41) is 20.6. The van der Waals surface area contributed by atoms with E-state index in [-0.39, 0.29) is 23.8 Å². The van der Waals surface area contributed by atoms with E-state index in [2.05, 4.69) is 0 Å². The van der Waals surface area contributed by atoms with Crippen LogP contribution < -0.4 is 4.74 Å². The topological polar surface area (TPSA) is 70.0 Å². The van der Waals surface area contributed by atoms with Gasteiger partial charge >= 0.3 is 0 Å². The number of phenols is 1. The number of ether oxygens (including phenoxy) is 1. The van der Waals surface area contributed by atoms with E-state index in [1.165, 1.54) is 13.2 Å². The second kappa shape index (κ2) is 10.7. The number of aliphatic hydroxyl groups is 1. The summed E-state index contributed by atoms with van der Waals surface area (Å²) in [4.78, 5) is 15.0. The molecule has 0 saturated carbocycles. The molecule has 0 aromatic heterocycles. The maximum atomic E-state index is 14.1. The zero-order valence-electron chi connectivity index (χ0n) is 19.8. The van der Waals surface area contributed by atoms with Gasteiger partial charge in [-0.15, -0.1) is 0 Å². The fraction of sp³-hybridized carbons (Fsp3) is 0.276. The fourth-order valence-corrected chi connectivity index (χ4v) is 4.48. The highest BCUT2D eigenvalue weighted by Crippen LogP contribution is 2.34. The van der Waals surface area contributed by atoms with Crippen LogP contribution in [0.25, 0.3) is 5.57 Å². The Bertz CT molecular complexity index is 1180. The average molecular weight is 476 g/mol. The molecular weight excluding hydrogens is 445 g/mol. The van der Waals surface area contributed by atoms with Crippen LogP contribution >= 0.6 is 0 Å². The van der Waals surface area contributed by atoms with Crippen molar-refractivity contribution in [3.63, 3.8) is 0 Å². The second-order valence-electron chi connectivity index (χ2n) is 8.90. The van der Waals surface area contributed by atoms with Crippen LogP contribution in [0.1, 0.15) is 36.0 Å². The van der Waals surface area contributed by atoms with Crippen molar-refractivity contribution in [2.45, 2.75) is 31.3 Å². The van der Waals surface area contributed by atoms with Crippen LogP contribution in [0.3, 0.4) is 0 Å². The Morgan fingerprint density at radius 2 is 1.74 bits per heavy atom. The van der Waals surface area contributed by atoms with E-state index in [0.717, 1.165) is 22.3 Å². The van der Waals surface area contributed by atoms with Crippen LogP contribution in [0.5, 0.6) is 11.5 Å². The van der Waals surface area contributed by atoms with E-state index < -0.39 is 11.4 Å². The Hall–Kier alpha value is -3.64. The number of allylic oxidation sites excluding steroid dienone is 1. The van der Waals surface area contributed by atoms with Gasteiger partial charge in [-0.05, 0) is 65.8 Å². The number of carbonyl (C=O) groups is 1. The Morgan fingerprint density at radius 1 is 1.06 bits per heavy atom. The van der Waals surface area contributed by atoms with Gasteiger partial charge in [-0.2, -0.15) is 0 Å². The van der Waals surface area contributed by atoms with E-state index in [1.807, 2.05) is 42.5 Å². The maximum Gasteiger partial charge on any atom is 0.227 e. The van der Waals surface area contributed by atoms with Gasteiger partial charge in [0.2, 0.25) is 5.91 Å². The minimum Gasteiger partial charge on any atom is -0.508 e. The summed E-state index contributed by atoms with van der Waals surface area (Å²) >= 11 is 0. The summed E-state index contributed by atoms with van der Waals surface area (Å²) in [5.74, 6) is -0.0601. The average Bonchev–Trinajstić information content (AvgIpc) is 2.87. The van der Waals surface area contributed by atoms with Crippen molar-refractivity contribution in [2.75, 3.05) is 20.2 Å². The number of phenolic OH excluding ortho intramolecular Hbond substituents is 1. The predicted molar refractivity (Wildman–Crippen MR) is 134 cm³/mol. The molecule has 182 valence electrons. The Balaban J connectivity index is 1.45. The Labute approximate surface area is 205 Å². The van der Waals surface area contributed by atoms with E-state index in [9.17, 15) is 19.4 Å². The number of carbonyl (C=O) groups excluding carboxylic acids is 1. The van der Waals surface area contributed by atoms with Gasteiger partial charge in [0.1, 0.15) is 5.75 Å². The van der Waals surface area contributed by atoms with Crippen molar-refractivity contribution in [3.05, 3.63) is 101 Å². The molecule has 1 aliphatic rings. The molecule has 1 heterocycles. The Morgan fingerprint density at radius 3 is 2.37 bits per heavy atom. The first-order chi connectivity index (χ1) is 16.9. The molecule has 1 aliphatic heterocycles. The van der Waals surface area contributed by atoms with Gasteiger partial charge in [0.25, 0.3) is 0 Å². The van der Waals surface area contributed by atoms with Crippen LogP contribution in [0.4, 0.5) is 4.39 Å². The maximum absolute atomic E-state index is 14.1. The van der Waals surface area contributed by atoms with Gasteiger partial charge < -0.3 is 19.8 Å². The molecule has 0 atom stereocenters. The molecule has 3 aromatic carbocycles. The number of hydrogen-bond acceptors (Lipinski definition) is 4. The molecule has 0 spiro atoms. The Kier molecular flexibility index (Phi) is 7.51. The number of nitrogens with zero attached hydrogens (tertiary/aromatic N) is 1. The quantitative estimate of drug-likeness (QED) is 0.501. The molecule has 0 radical (unpaired) electrons. The number of benzene rings is 3. The van der Waals surface area contributed by atoms with Gasteiger partial charge in [-0.3, -0.25) is 4.79 Å². The molecule has 1 amide bonds. The number of amides is 1. The number of halogens is 1. The van der Waals surface area contributed by atoms with E-state index in [0.29, 0.717) is 32.4 Å². The lowest BCUT2D eigenvalue weighted by atomic mass is 9.84. The molecular formula is C29H30FNO4. The number of aromatic hydroxyl groups is 1. The molecule has 5 nitrogen and oxygen atoms in total. The third-order valence-corrected chi connectivity index (χ3v) is 6.63. The largest absolute Gasteiger partial charge is 0.508 e. The molecule has 1 fully saturated rings. The fourth-order valence-electron chi connectivity index (χ4n) is 4.48. The SMILES string of the molecule is COc1ccc(C/C=C(/CC(=O)N2CCC(O)(c3ccc(O)cc3)CC2)c2ccccc2)cc1F. The third kappa shape index (κ3) is 5.89. The standard InChI is InChI=1S/C29H30FNO4/c1-35-27-14-8-21(19-26(27)30)7-9-23(22-5-3-2-4-6-22)20-28(33)31-17-15-29(34,16-18-31)24-10-12-25(32)13-11-24/h2-6,8-14,19,32,34H,7,15-18,20H2,1H3/b23-9-. The molecule has 2 N–H and O–H groups in total. The highest BCUT2D eigenvalue weighted by Gasteiger charge is 2.35. The van der Waals surface area contributed by atoms with Gasteiger partial charge in [-0.1, -0.05) is 54.6 Å². The lowest BCUT2D eigenvalue weighted by Crippen LogP contribution is -2.45. The van der Waals surface area contributed by atoms with Crippen molar-refractivity contribution in [1.29, 1.82) is 0 Å². The number of likely N-dealkylation sites (tertiary alicyclic amines) is 1. The normalized spacial score (nSPS) is 15.6. The van der Waals surface area contributed by atoms with Gasteiger partial charge in [0, 0.05) is 13.1 Å². The number of methoxy groups -OCH3 is 1. The van der Waals surface area contributed by atoms with E-state index >= 15 is 0 Å².